The summed E-state index contributed by atoms with van der Waals surface area (Å²) in [5.41, 5.74) is 1.90. The van der Waals surface area contributed by atoms with Crippen molar-refractivity contribution >= 4 is 21.6 Å². The van der Waals surface area contributed by atoms with Crippen LogP contribution in [0.4, 0.5) is 0 Å². The van der Waals surface area contributed by atoms with E-state index in [-0.39, 0.29) is 4.87 Å². The molecule has 0 bridgehead atoms. The Morgan fingerprint density at radius 3 is 2.60 bits per heavy atom. The van der Waals surface area contributed by atoms with Crippen LogP contribution in [0.5, 0.6) is 5.75 Å². The van der Waals surface area contributed by atoms with Crippen molar-refractivity contribution in [2.24, 2.45) is 0 Å². The van der Waals surface area contributed by atoms with Crippen molar-refractivity contribution in [1.29, 1.82) is 0 Å². The number of aromatic nitrogens is 1. The SMILES string of the molecule is CC.COc1ccc(C)c2sc(=O)[nH]c12. The molecule has 0 amide bonds. The number of fused-ring (bicyclic) bond motifs is 1. The van der Waals surface area contributed by atoms with Gasteiger partial charge in [0, 0.05) is 0 Å². The number of nitrogens with one attached hydrogen (secondary N) is 1. The van der Waals surface area contributed by atoms with Gasteiger partial charge in [0.2, 0.25) is 0 Å². The summed E-state index contributed by atoms with van der Waals surface area (Å²) in [5.74, 6) is 0.721. The van der Waals surface area contributed by atoms with E-state index in [4.69, 9.17) is 4.74 Å². The van der Waals surface area contributed by atoms with Crippen molar-refractivity contribution < 1.29 is 4.74 Å². The highest BCUT2D eigenvalue weighted by Crippen LogP contribution is 2.27. The Balaban J connectivity index is 0.000000531. The minimum Gasteiger partial charge on any atom is -0.495 e. The van der Waals surface area contributed by atoms with Gasteiger partial charge in [0.25, 0.3) is 0 Å². The summed E-state index contributed by atoms with van der Waals surface area (Å²) in [4.78, 5) is 13.8. The third-order valence-corrected chi connectivity index (χ3v) is 2.98. The minimum absolute atomic E-state index is 0.0393. The molecule has 15 heavy (non-hydrogen) atoms. The second-order valence-corrected chi connectivity index (χ2v) is 3.79. The summed E-state index contributed by atoms with van der Waals surface area (Å²) in [6, 6.07) is 3.81. The Hall–Kier alpha value is -1.29. The molecule has 1 aromatic heterocycles. The first-order valence-electron chi connectivity index (χ1n) is 4.89. The molecule has 2 rings (SSSR count). The Kier molecular flexibility index (Phi) is 3.91. The largest absolute Gasteiger partial charge is 0.495 e. The lowest BCUT2D eigenvalue weighted by Gasteiger charge is -2.01. The summed E-state index contributed by atoms with van der Waals surface area (Å²) >= 11 is 1.22. The number of aromatic amines is 1. The molecule has 0 aliphatic carbocycles. The van der Waals surface area contributed by atoms with Crippen LogP contribution >= 0.6 is 11.3 Å². The number of methoxy groups -OCH3 is 1. The maximum atomic E-state index is 11.1. The molecule has 0 atom stereocenters. The molecule has 0 saturated carbocycles. The highest BCUT2D eigenvalue weighted by Gasteiger charge is 2.07. The number of aryl methyl sites for hydroxylation is 1. The van der Waals surface area contributed by atoms with Crippen LogP contribution < -0.4 is 9.61 Å². The Labute approximate surface area is 92.7 Å². The molecule has 0 fully saturated rings. The first-order valence-corrected chi connectivity index (χ1v) is 5.70. The van der Waals surface area contributed by atoms with E-state index in [0.717, 1.165) is 21.5 Å². The van der Waals surface area contributed by atoms with E-state index < -0.39 is 0 Å². The van der Waals surface area contributed by atoms with Gasteiger partial charge in [0.05, 0.1) is 11.8 Å². The summed E-state index contributed by atoms with van der Waals surface area (Å²) in [5, 5.41) is 0. The van der Waals surface area contributed by atoms with E-state index in [2.05, 4.69) is 4.98 Å². The highest BCUT2D eigenvalue weighted by atomic mass is 32.1. The first-order chi connectivity index (χ1) is 7.22. The van der Waals surface area contributed by atoms with Gasteiger partial charge in [-0.05, 0) is 18.6 Å². The zero-order chi connectivity index (χ0) is 11.4. The van der Waals surface area contributed by atoms with Gasteiger partial charge in [-0.25, -0.2) is 0 Å². The monoisotopic (exact) mass is 225 g/mol. The van der Waals surface area contributed by atoms with Gasteiger partial charge < -0.3 is 9.72 Å². The lowest BCUT2D eigenvalue weighted by molar-refractivity contribution is 0.419. The number of hydrogen-bond acceptors (Lipinski definition) is 3. The van der Waals surface area contributed by atoms with Gasteiger partial charge in [-0.3, -0.25) is 4.79 Å². The van der Waals surface area contributed by atoms with E-state index in [9.17, 15) is 4.79 Å². The van der Waals surface area contributed by atoms with Crippen LogP contribution in [0.1, 0.15) is 19.4 Å². The fourth-order valence-electron chi connectivity index (χ4n) is 1.31. The Morgan fingerprint density at radius 2 is 2.00 bits per heavy atom. The van der Waals surface area contributed by atoms with Crippen molar-refractivity contribution in [1.82, 2.24) is 4.98 Å². The third kappa shape index (κ3) is 2.21. The van der Waals surface area contributed by atoms with Gasteiger partial charge in [0.1, 0.15) is 11.3 Å². The van der Waals surface area contributed by atoms with E-state index in [0.29, 0.717) is 0 Å². The van der Waals surface area contributed by atoms with E-state index in [1.165, 1.54) is 11.3 Å². The second kappa shape index (κ2) is 4.98. The van der Waals surface area contributed by atoms with Gasteiger partial charge in [0.15, 0.2) is 0 Å². The van der Waals surface area contributed by atoms with Crippen LogP contribution in [0.15, 0.2) is 16.9 Å². The normalized spacial score (nSPS) is 9.60. The number of benzene rings is 1. The van der Waals surface area contributed by atoms with E-state index in [1.807, 2.05) is 32.9 Å². The highest BCUT2D eigenvalue weighted by molar-refractivity contribution is 7.16. The van der Waals surface area contributed by atoms with E-state index >= 15 is 0 Å². The van der Waals surface area contributed by atoms with Crippen LogP contribution in [-0.4, -0.2) is 12.1 Å². The molecule has 0 unspecified atom stereocenters. The molecule has 4 heteroatoms. The quantitative estimate of drug-likeness (QED) is 0.810. The first kappa shape index (κ1) is 11.8. The maximum absolute atomic E-state index is 11.1. The Bertz CT molecular complexity index is 499. The van der Waals surface area contributed by atoms with Crippen LogP contribution in [0.3, 0.4) is 0 Å². The molecular formula is C11H15NO2S. The zero-order valence-electron chi connectivity index (χ0n) is 9.38. The smallest absolute Gasteiger partial charge is 0.305 e. The van der Waals surface area contributed by atoms with Crippen LogP contribution in [0, 0.1) is 6.92 Å². The number of hydrogen-bond donors (Lipinski definition) is 1. The van der Waals surface area contributed by atoms with Crippen LogP contribution in [0.25, 0.3) is 10.2 Å². The average molecular weight is 225 g/mol. The molecule has 1 heterocycles. The fourth-order valence-corrected chi connectivity index (χ4v) is 2.13. The standard InChI is InChI=1S/C9H9NO2S.C2H6/c1-5-3-4-6(12-2)7-8(5)13-9(11)10-7;1-2/h3-4H,1-2H3,(H,10,11);1-2H3. The van der Waals surface area contributed by atoms with Crippen LogP contribution in [-0.2, 0) is 0 Å². The minimum atomic E-state index is -0.0393. The molecule has 2 aromatic rings. The molecule has 1 N–H and O–H groups in total. The summed E-state index contributed by atoms with van der Waals surface area (Å²) in [6.07, 6.45) is 0. The number of ether oxygens (including phenoxy) is 1. The molecule has 0 radical (unpaired) electrons. The molecule has 1 aromatic carbocycles. The molecule has 0 aliphatic rings. The van der Waals surface area contributed by atoms with Crippen molar-refractivity contribution in [2.45, 2.75) is 20.8 Å². The summed E-state index contributed by atoms with van der Waals surface area (Å²) in [7, 11) is 1.60. The van der Waals surface area contributed by atoms with Crippen LogP contribution in [0.2, 0.25) is 0 Å². The predicted octanol–water partition coefficient (Wildman–Crippen LogP) is 2.93. The van der Waals surface area contributed by atoms with Crippen molar-refractivity contribution in [2.75, 3.05) is 7.11 Å². The zero-order valence-corrected chi connectivity index (χ0v) is 10.2. The number of rotatable bonds is 1. The van der Waals surface area contributed by atoms with E-state index in [1.54, 1.807) is 7.11 Å². The molecule has 3 nitrogen and oxygen atoms in total. The summed E-state index contributed by atoms with van der Waals surface area (Å²) < 4.78 is 6.11. The van der Waals surface area contributed by atoms with Gasteiger partial charge in [-0.1, -0.05) is 31.3 Å². The number of H-pyrrole nitrogens is 1. The fraction of sp³-hybridized carbons (Fsp3) is 0.364. The molecule has 0 spiro atoms. The lowest BCUT2D eigenvalue weighted by atomic mass is 10.2. The molecule has 0 saturated heterocycles. The molecule has 0 aliphatic heterocycles. The van der Waals surface area contributed by atoms with Gasteiger partial charge in [-0.2, -0.15) is 0 Å². The maximum Gasteiger partial charge on any atom is 0.305 e. The number of thiazole rings is 1. The topological polar surface area (TPSA) is 42.1 Å². The third-order valence-electron chi connectivity index (χ3n) is 1.96. The molecular weight excluding hydrogens is 210 g/mol. The van der Waals surface area contributed by atoms with Crippen molar-refractivity contribution in [3.05, 3.63) is 27.4 Å². The van der Waals surface area contributed by atoms with Gasteiger partial charge >= 0.3 is 4.87 Å². The van der Waals surface area contributed by atoms with Crippen molar-refractivity contribution in [3.8, 4) is 5.75 Å². The molecule has 82 valence electrons. The average Bonchev–Trinajstić information content (AvgIpc) is 2.64. The second-order valence-electron chi connectivity index (χ2n) is 2.80. The Morgan fingerprint density at radius 1 is 1.33 bits per heavy atom. The summed E-state index contributed by atoms with van der Waals surface area (Å²) in [6.45, 7) is 5.98. The van der Waals surface area contributed by atoms with Gasteiger partial charge in [-0.15, -0.1) is 0 Å². The lowest BCUT2D eigenvalue weighted by Crippen LogP contribution is -1.91. The predicted molar refractivity (Wildman–Crippen MR) is 65.1 cm³/mol. The van der Waals surface area contributed by atoms with Crippen molar-refractivity contribution in [3.63, 3.8) is 0 Å².